The number of nitrogens with zero attached hydrogens (tertiary/aromatic N) is 2. The molecule has 9 heteroatoms. The molecule has 0 saturated carbocycles. The van der Waals surface area contributed by atoms with Crippen molar-refractivity contribution in [3.05, 3.63) is 77.2 Å². The van der Waals surface area contributed by atoms with Gasteiger partial charge in [0, 0.05) is 36.5 Å². The predicted molar refractivity (Wildman–Crippen MR) is 146 cm³/mol. The van der Waals surface area contributed by atoms with Crippen LogP contribution in [0.4, 0.5) is 4.39 Å². The number of ether oxygens (including phenoxy) is 1. The zero-order valence-corrected chi connectivity index (χ0v) is 21.9. The molecule has 2 unspecified atom stereocenters. The molecule has 2 atom stereocenters. The summed E-state index contributed by atoms with van der Waals surface area (Å²) in [5, 5.41) is 15.5. The summed E-state index contributed by atoms with van der Waals surface area (Å²) >= 11 is 0. The minimum atomic E-state index is -1.11. The van der Waals surface area contributed by atoms with Crippen molar-refractivity contribution in [2.45, 2.75) is 39.2 Å². The number of amides is 1. The van der Waals surface area contributed by atoms with Gasteiger partial charge in [-0.05, 0) is 55.2 Å². The predicted octanol–water partition coefficient (Wildman–Crippen LogP) is 4.24. The summed E-state index contributed by atoms with van der Waals surface area (Å²) in [5.41, 5.74) is 2.13. The number of halogens is 1. The summed E-state index contributed by atoms with van der Waals surface area (Å²) in [6.07, 6.45) is 11.4. The highest BCUT2D eigenvalue weighted by Crippen LogP contribution is 2.35. The molecular weight excluding hydrogens is 487 g/mol. The molecule has 3 aliphatic heterocycles. The Bertz CT molecular complexity index is 1300. The molecule has 0 spiro atoms. The van der Waals surface area contributed by atoms with E-state index in [9.17, 15) is 14.7 Å². The molecule has 8 nitrogen and oxygen atoms in total. The molecule has 1 aromatic rings. The van der Waals surface area contributed by atoms with E-state index in [4.69, 9.17) is 4.74 Å². The maximum atomic E-state index is 15.3. The van der Waals surface area contributed by atoms with E-state index in [1.807, 2.05) is 25.1 Å². The van der Waals surface area contributed by atoms with E-state index in [0.29, 0.717) is 41.9 Å². The van der Waals surface area contributed by atoms with Gasteiger partial charge in [-0.3, -0.25) is 4.79 Å². The maximum absolute atomic E-state index is 15.3. The zero-order chi connectivity index (χ0) is 27.4. The maximum Gasteiger partial charge on any atom is 0.335 e. The second-order valence-corrected chi connectivity index (χ2v) is 9.62. The van der Waals surface area contributed by atoms with Crippen molar-refractivity contribution in [1.29, 1.82) is 0 Å². The van der Waals surface area contributed by atoms with E-state index >= 15 is 4.39 Å². The summed E-state index contributed by atoms with van der Waals surface area (Å²) in [5.74, 6) is -1.14. The Morgan fingerprint density at radius 1 is 1.39 bits per heavy atom. The number of hydrogen-bond acceptors (Lipinski definition) is 6. The normalized spacial score (nSPS) is 20.0. The van der Waals surface area contributed by atoms with Crippen molar-refractivity contribution >= 4 is 29.2 Å². The van der Waals surface area contributed by atoms with Gasteiger partial charge in [0.2, 0.25) is 0 Å². The number of allylic oxidation sites excluding steroid dienone is 3. The molecular formula is C29H33FN4O4. The molecule has 1 amide bonds. The summed E-state index contributed by atoms with van der Waals surface area (Å²) in [4.78, 5) is 30.6. The van der Waals surface area contributed by atoms with E-state index in [-0.39, 0.29) is 35.1 Å². The van der Waals surface area contributed by atoms with Crippen LogP contribution in [0.2, 0.25) is 0 Å². The number of carbonyl (C=O) groups is 2. The monoisotopic (exact) mass is 520 g/mol. The lowest BCUT2D eigenvalue weighted by molar-refractivity contribution is -0.133. The number of nitrogens with one attached hydrogen (secondary N) is 2. The largest absolute Gasteiger partial charge is 0.485 e. The Labute approximate surface area is 222 Å². The average molecular weight is 521 g/mol. The van der Waals surface area contributed by atoms with Gasteiger partial charge in [0.25, 0.3) is 5.91 Å². The lowest BCUT2D eigenvalue weighted by Crippen LogP contribution is -2.36. The Balaban J connectivity index is 1.51. The smallest absolute Gasteiger partial charge is 0.335 e. The van der Waals surface area contributed by atoms with Crippen molar-refractivity contribution in [1.82, 2.24) is 15.5 Å². The fourth-order valence-corrected chi connectivity index (χ4v) is 4.61. The van der Waals surface area contributed by atoms with Crippen molar-refractivity contribution in [2.75, 3.05) is 20.2 Å². The highest BCUT2D eigenvalue weighted by Gasteiger charge is 2.24. The highest BCUT2D eigenvalue weighted by molar-refractivity contribution is 6.43. The molecule has 3 heterocycles. The van der Waals surface area contributed by atoms with E-state index < -0.39 is 11.8 Å². The molecule has 0 aromatic heterocycles. The van der Waals surface area contributed by atoms with E-state index in [1.165, 1.54) is 12.1 Å². The summed E-state index contributed by atoms with van der Waals surface area (Å²) in [6.45, 7) is 8.49. The van der Waals surface area contributed by atoms with Gasteiger partial charge >= 0.3 is 5.97 Å². The van der Waals surface area contributed by atoms with Crippen LogP contribution in [-0.4, -0.2) is 53.8 Å². The quantitative estimate of drug-likeness (QED) is 0.450. The standard InChI is InChI=1S/C29H33FN4O4/c1-5-21-15-24(28(35)32-12-10-17(2)23-7-6-11-31-23)33-25(34(21)4)13-18(3)22-9-8-19-14-20(29(36)37)16-38-27(19)26(22)30/h6,8-9,11,13-15,17,23,31H,3,5,7,10,12,16H2,1-2,4H3,(H,32,35)(H,36,37)/b25-13-. The van der Waals surface area contributed by atoms with Gasteiger partial charge < -0.3 is 25.4 Å². The molecule has 0 aliphatic carbocycles. The number of fused-ring (bicyclic) bond motifs is 1. The third-order valence-corrected chi connectivity index (χ3v) is 7.05. The van der Waals surface area contributed by atoms with Gasteiger partial charge in [-0.25, -0.2) is 14.2 Å². The van der Waals surface area contributed by atoms with Crippen molar-refractivity contribution in [2.24, 2.45) is 10.9 Å². The fraction of sp³-hybridized carbons (Fsp3) is 0.345. The summed E-state index contributed by atoms with van der Waals surface area (Å²) in [6, 6.07) is 3.52. The van der Waals surface area contributed by atoms with Gasteiger partial charge in [0.15, 0.2) is 11.6 Å². The molecule has 0 bridgehead atoms. The molecule has 3 aliphatic rings. The number of aliphatic carboxylic acids is 1. The van der Waals surface area contributed by atoms with E-state index in [0.717, 1.165) is 18.5 Å². The fourth-order valence-electron chi connectivity index (χ4n) is 4.61. The van der Waals surface area contributed by atoms with Crippen LogP contribution in [0.1, 0.15) is 44.2 Å². The van der Waals surface area contributed by atoms with Crippen LogP contribution in [0.25, 0.3) is 11.6 Å². The van der Waals surface area contributed by atoms with Crippen LogP contribution in [0.5, 0.6) is 5.75 Å². The molecule has 4 rings (SSSR count). The third-order valence-electron chi connectivity index (χ3n) is 7.05. The summed E-state index contributed by atoms with van der Waals surface area (Å²) < 4.78 is 20.7. The Kier molecular flexibility index (Phi) is 8.14. The first kappa shape index (κ1) is 26.9. The molecule has 0 fully saturated rings. The number of carboxylic acids is 1. The van der Waals surface area contributed by atoms with Gasteiger partial charge in [0.1, 0.15) is 18.1 Å². The van der Waals surface area contributed by atoms with E-state index in [1.54, 1.807) is 18.2 Å². The lowest BCUT2D eigenvalue weighted by atomic mass is 9.97. The number of aliphatic imine (C=N–C) groups is 1. The van der Waals surface area contributed by atoms with Gasteiger partial charge in [0.05, 0.1) is 5.57 Å². The van der Waals surface area contributed by atoms with Crippen LogP contribution in [-0.2, 0) is 9.59 Å². The first-order valence-corrected chi connectivity index (χ1v) is 12.7. The molecule has 3 N–H and O–H groups in total. The second kappa shape index (κ2) is 11.5. The number of carbonyl (C=O) groups excluding carboxylic acids is 1. The van der Waals surface area contributed by atoms with Gasteiger partial charge in [-0.1, -0.05) is 38.6 Å². The van der Waals surface area contributed by atoms with E-state index in [2.05, 4.69) is 35.2 Å². The average Bonchev–Trinajstić information content (AvgIpc) is 3.45. The van der Waals surface area contributed by atoms with Gasteiger partial charge in [-0.15, -0.1) is 0 Å². The number of carboxylic acid groups (broad SMARTS) is 1. The highest BCUT2D eigenvalue weighted by atomic mass is 19.1. The first-order valence-electron chi connectivity index (χ1n) is 12.7. The molecule has 1 aromatic carbocycles. The van der Waals surface area contributed by atoms with Crippen LogP contribution in [0.3, 0.4) is 0 Å². The Morgan fingerprint density at radius 2 is 2.18 bits per heavy atom. The van der Waals surface area contributed by atoms with Crippen LogP contribution in [0, 0.1) is 11.7 Å². The number of hydrogen-bond donors (Lipinski definition) is 3. The SMILES string of the molecule is C=C(/C=C1/N=C(C(=O)NCCC(C)C2CC=CN2)C=C(CC)N1C)c1ccc2c(c1F)OCC(C(=O)O)=C2. The zero-order valence-electron chi connectivity index (χ0n) is 21.9. The molecule has 0 radical (unpaired) electrons. The van der Waals surface area contributed by atoms with Crippen LogP contribution >= 0.6 is 0 Å². The van der Waals surface area contributed by atoms with Gasteiger partial charge in [-0.2, -0.15) is 0 Å². The number of benzene rings is 1. The molecule has 0 saturated heterocycles. The second-order valence-electron chi connectivity index (χ2n) is 9.62. The van der Waals surface area contributed by atoms with Crippen LogP contribution in [0.15, 0.2) is 65.2 Å². The van der Waals surface area contributed by atoms with Crippen LogP contribution < -0.4 is 15.4 Å². The minimum Gasteiger partial charge on any atom is -0.485 e. The first-order chi connectivity index (χ1) is 18.2. The topological polar surface area (TPSA) is 103 Å². The third kappa shape index (κ3) is 5.72. The Hall–Kier alpha value is -4.14. The molecule has 200 valence electrons. The van der Waals surface area contributed by atoms with Crippen molar-refractivity contribution < 1.29 is 23.8 Å². The van der Waals surface area contributed by atoms with Crippen molar-refractivity contribution in [3.63, 3.8) is 0 Å². The number of rotatable bonds is 9. The van der Waals surface area contributed by atoms with Crippen molar-refractivity contribution in [3.8, 4) is 5.75 Å². The Morgan fingerprint density at radius 3 is 2.87 bits per heavy atom. The minimum absolute atomic E-state index is 0.0143. The summed E-state index contributed by atoms with van der Waals surface area (Å²) in [7, 11) is 1.83. The molecule has 38 heavy (non-hydrogen) atoms. The lowest BCUT2D eigenvalue weighted by Gasteiger charge is -2.27.